The zero-order valence-electron chi connectivity index (χ0n) is 29.7. The van der Waals surface area contributed by atoms with Crippen LogP contribution in [0.4, 0.5) is 0 Å². The molecule has 0 spiro atoms. The molecule has 0 radical (unpaired) electrons. The largest absolute Gasteiger partial charge is 0.480 e. The zero-order chi connectivity index (χ0) is 36.7. The number of benzene rings is 2. The maximum atomic E-state index is 14.0. The highest BCUT2D eigenvalue weighted by Gasteiger charge is 2.40. The predicted octanol–water partition coefficient (Wildman–Crippen LogP) is 3.26. The van der Waals surface area contributed by atoms with Crippen molar-refractivity contribution in [3.8, 4) is 0 Å². The van der Waals surface area contributed by atoms with Crippen LogP contribution in [-0.2, 0) is 36.8 Å². The predicted molar refractivity (Wildman–Crippen MR) is 194 cm³/mol. The molecule has 3 rings (SSSR count). The average Bonchev–Trinajstić information content (AvgIpc) is 3.10. The lowest BCUT2D eigenvalue weighted by molar-refractivity contribution is -0.149. The molecule has 0 aromatic heterocycles. The van der Waals surface area contributed by atoms with Gasteiger partial charge in [0.15, 0.2) is 5.78 Å². The first-order valence-electron chi connectivity index (χ1n) is 18.0. The molecule has 2 aromatic carbocycles. The molecular weight excluding hydrogens is 634 g/mol. The molecule has 1 aliphatic rings. The summed E-state index contributed by atoms with van der Waals surface area (Å²) in [6, 6.07) is 18.3. The smallest absolute Gasteiger partial charge is 0.323 e. The third-order valence-corrected chi connectivity index (χ3v) is 9.82. The summed E-state index contributed by atoms with van der Waals surface area (Å²) in [4.78, 5) is 68.7. The number of rotatable bonds is 21. The monoisotopic (exact) mass is 691 g/mol. The van der Waals surface area contributed by atoms with Gasteiger partial charge >= 0.3 is 5.97 Å². The lowest BCUT2D eigenvalue weighted by Gasteiger charge is -2.38. The maximum absolute atomic E-state index is 14.0. The number of hydrogen-bond acceptors (Lipinski definition) is 8. The number of nitrogens with one attached hydrogen (secondary N) is 1. The number of nitrogens with two attached hydrogens (primary N) is 3. The lowest BCUT2D eigenvalue weighted by atomic mass is 9.85. The second kappa shape index (κ2) is 20.1. The Balaban J connectivity index is 1.79. The minimum Gasteiger partial charge on any atom is -0.480 e. The number of nitrogens with zero attached hydrogens (tertiary/aromatic N) is 1. The van der Waals surface area contributed by atoms with Gasteiger partial charge in [0.25, 0.3) is 0 Å². The van der Waals surface area contributed by atoms with Crippen molar-refractivity contribution in [3.05, 3.63) is 71.8 Å². The Morgan fingerprint density at radius 2 is 1.34 bits per heavy atom. The molecule has 4 atom stereocenters. The van der Waals surface area contributed by atoms with E-state index in [0.29, 0.717) is 45.1 Å². The van der Waals surface area contributed by atoms with E-state index in [1.54, 1.807) is 4.90 Å². The van der Waals surface area contributed by atoms with Gasteiger partial charge in [-0.2, -0.15) is 0 Å². The summed E-state index contributed by atoms with van der Waals surface area (Å²) < 4.78 is 0. The minimum absolute atomic E-state index is 0.0217. The molecule has 0 saturated carbocycles. The van der Waals surface area contributed by atoms with Gasteiger partial charge in [0.05, 0.1) is 6.04 Å². The van der Waals surface area contributed by atoms with Crippen LogP contribution in [0, 0.1) is 23.7 Å². The van der Waals surface area contributed by atoms with E-state index < -0.39 is 35.3 Å². The van der Waals surface area contributed by atoms with Crippen molar-refractivity contribution >= 4 is 29.4 Å². The van der Waals surface area contributed by atoms with Gasteiger partial charge in [-0.05, 0) is 68.5 Å². The van der Waals surface area contributed by atoms with E-state index in [2.05, 4.69) is 5.32 Å². The van der Waals surface area contributed by atoms with Crippen LogP contribution in [0.15, 0.2) is 60.7 Å². The van der Waals surface area contributed by atoms with Crippen molar-refractivity contribution < 1.29 is 29.1 Å². The fourth-order valence-corrected chi connectivity index (χ4v) is 6.66. The molecule has 50 heavy (non-hydrogen) atoms. The van der Waals surface area contributed by atoms with Crippen molar-refractivity contribution in [2.75, 3.05) is 26.2 Å². The highest BCUT2D eigenvalue weighted by atomic mass is 16.4. The van der Waals surface area contributed by atoms with Crippen LogP contribution in [0.2, 0.25) is 0 Å². The van der Waals surface area contributed by atoms with Crippen molar-refractivity contribution in [2.45, 2.75) is 89.6 Å². The molecule has 2 aromatic rings. The topological polar surface area (TPSA) is 199 Å². The number of amides is 2. The number of piperidine rings is 1. The number of carbonyl (C=O) groups is 5. The van der Waals surface area contributed by atoms with Crippen LogP contribution in [0.5, 0.6) is 0 Å². The van der Waals surface area contributed by atoms with Gasteiger partial charge in [-0.3, -0.25) is 24.0 Å². The normalized spacial score (nSPS) is 16.6. The average molecular weight is 692 g/mol. The summed E-state index contributed by atoms with van der Waals surface area (Å²) in [6.07, 6.45) is 3.11. The fourth-order valence-electron chi connectivity index (χ4n) is 6.66. The van der Waals surface area contributed by atoms with E-state index >= 15 is 0 Å². The van der Waals surface area contributed by atoms with Gasteiger partial charge in [0, 0.05) is 50.2 Å². The van der Waals surface area contributed by atoms with Gasteiger partial charge in [-0.1, -0.05) is 80.9 Å². The minimum atomic E-state index is -1.38. The second-order valence-electron chi connectivity index (χ2n) is 14.3. The number of hydrogen-bond donors (Lipinski definition) is 5. The molecule has 1 saturated heterocycles. The van der Waals surface area contributed by atoms with Crippen molar-refractivity contribution in [1.29, 1.82) is 0 Å². The van der Waals surface area contributed by atoms with Gasteiger partial charge < -0.3 is 32.5 Å². The van der Waals surface area contributed by atoms with Gasteiger partial charge in [-0.25, -0.2) is 0 Å². The molecule has 2 amide bonds. The molecular formula is C39H57N5O6. The van der Waals surface area contributed by atoms with E-state index in [0.717, 1.165) is 11.1 Å². The Morgan fingerprint density at radius 1 is 0.800 bits per heavy atom. The number of carboxylic acid groups (broad SMARTS) is 1. The van der Waals surface area contributed by atoms with Gasteiger partial charge in [0.2, 0.25) is 11.8 Å². The Bertz CT molecular complexity index is 1390. The third-order valence-electron chi connectivity index (χ3n) is 9.82. The first-order valence-corrected chi connectivity index (χ1v) is 18.0. The molecule has 274 valence electrons. The Hall–Kier alpha value is -3.93. The number of carboxylic acids is 1. The van der Waals surface area contributed by atoms with E-state index in [1.807, 2.05) is 74.5 Å². The first-order chi connectivity index (χ1) is 23.9. The summed E-state index contributed by atoms with van der Waals surface area (Å²) in [7, 11) is 0. The molecule has 11 nitrogen and oxygen atoms in total. The highest BCUT2D eigenvalue weighted by Crippen LogP contribution is 2.26. The fraction of sp³-hybridized carbons (Fsp3) is 0.564. The second-order valence-corrected chi connectivity index (χ2v) is 14.3. The van der Waals surface area contributed by atoms with Crippen molar-refractivity contribution in [2.24, 2.45) is 40.9 Å². The Morgan fingerprint density at radius 3 is 1.84 bits per heavy atom. The number of aliphatic carboxylic acids is 1. The number of unbranched alkanes of at least 4 members (excludes halogenated alkanes) is 1. The molecule has 1 heterocycles. The van der Waals surface area contributed by atoms with Crippen LogP contribution < -0.4 is 22.5 Å². The molecule has 0 unspecified atom stereocenters. The lowest BCUT2D eigenvalue weighted by Crippen LogP contribution is -2.57. The quantitative estimate of drug-likeness (QED) is 0.122. The molecule has 8 N–H and O–H groups in total. The van der Waals surface area contributed by atoms with Crippen LogP contribution >= 0.6 is 0 Å². The van der Waals surface area contributed by atoms with Crippen LogP contribution in [-0.4, -0.2) is 77.1 Å². The third kappa shape index (κ3) is 12.4. The Labute approximate surface area is 296 Å². The summed E-state index contributed by atoms with van der Waals surface area (Å²) in [5, 5.41) is 12.5. The molecule has 0 bridgehead atoms. The van der Waals surface area contributed by atoms with Gasteiger partial charge in [0.1, 0.15) is 11.3 Å². The van der Waals surface area contributed by atoms with E-state index in [4.69, 9.17) is 17.2 Å². The highest BCUT2D eigenvalue weighted by molar-refractivity contribution is 5.94. The molecule has 11 heteroatoms. The maximum Gasteiger partial charge on any atom is 0.323 e. The van der Waals surface area contributed by atoms with Crippen molar-refractivity contribution in [3.63, 3.8) is 0 Å². The van der Waals surface area contributed by atoms with E-state index in [9.17, 15) is 29.1 Å². The number of carbonyl (C=O) groups excluding carboxylic acids is 4. The van der Waals surface area contributed by atoms with E-state index in [1.165, 1.54) is 0 Å². The van der Waals surface area contributed by atoms with Crippen molar-refractivity contribution in [1.82, 2.24) is 10.2 Å². The molecule has 0 aliphatic carbocycles. The summed E-state index contributed by atoms with van der Waals surface area (Å²) >= 11 is 0. The standard InChI is InChI=1S/C39H57N5O6/c1-27(2)21-33(35(46)24-30(15-9-10-18-40)37(48)44-19-16-39(42,17-20-44)38(49)50)43-36(47)31(22-28-11-5-3-6-12-28)25-34(45)32(26-41)23-29-13-7-4-8-14-29/h3-8,11-14,27,30-33H,9-10,15-26,40-42H2,1-2H3,(H,43,47)(H,49,50)/t30-,31-,32+,33+/m0/s1. The van der Waals surface area contributed by atoms with Crippen LogP contribution in [0.1, 0.15) is 76.3 Å². The molecule has 1 aliphatic heterocycles. The number of Topliss-reactive ketones (excluding diaryl/α,β-unsaturated/α-hetero) is 2. The summed E-state index contributed by atoms with van der Waals surface area (Å²) in [6.45, 7) is 4.92. The molecule has 1 fully saturated rings. The number of likely N-dealkylation sites (tertiary alicyclic amines) is 1. The van der Waals surface area contributed by atoms with Crippen LogP contribution in [0.25, 0.3) is 0 Å². The number of ketones is 2. The zero-order valence-corrected chi connectivity index (χ0v) is 29.7. The van der Waals surface area contributed by atoms with E-state index in [-0.39, 0.29) is 74.6 Å². The van der Waals surface area contributed by atoms with Gasteiger partial charge in [-0.15, -0.1) is 0 Å². The summed E-state index contributed by atoms with van der Waals surface area (Å²) in [5.74, 6) is -3.78. The summed E-state index contributed by atoms with van der Waals surface area (Å²) in [5.41, 5.74) is 18.3. The van der Waals surface area contributed by atoms with Crippen LogP contribution in [0.3, 0.4) is 0 Å². The SMILES string of the molecule is CC(C)C[C@@H](NC(=O)[C@H](CC(=O)[C@@H](CN)Cc1ccccc1)Cc1ccccc1)C(=O)C[C@H](CCCCN)C(=O)N1CCC(N)(C(=O)O)CC1. The first kappa shape index (κ1) is 40.5. The Kier molecular flexibility index (Phi) is 16.2.